The largest absolute Gasteiger partial charge is 0.290 e. The molecule has 4 nitrogen and oxygen atoms in total. The maximum absolute atomic E-state index is 11.2. The molecule has 0 unspecified atom stereocenters. The Hall–Kier alpha value is -1.23. The lowest BCUT2D eigenvalue weighted by molar-refractivity contribution is -0.111. The topological polar surface area (TPSA) is 63.6 Å². The van der Waals surface area contributed by atoms with E-state index in [0.29, 0.717) is 16.9 Å². The van der Waals surface area contributed by atoms with Gasteiger partial charge in [0.2, 0.25) is 0 Å². The highest BCUT2D eigenvalue weighted by Crippen LogP contribution is 2.14. The van der Waals surface area contributed by atoms with Gasteiger partial charge in [-0.05, 0) is 31.6 Å². The average Bonchev–Trinajstić information content (AvgIpc) is 2.04. The Morgan fingerprint density at radius 3 is 2.21 bits per heavy atom. The zero-order chi connectivity index (χ0) is 10.9. The van der Waals surface area contributed by atoms with Crippen LogP contribution in [0.15, 0.2) is 27.7 Å². The molecule has 0 saturated carbocycles. The van der Waals surface area contributed by atoms with E-state index in [-0.39, 0.29) is 5.78 Å². The molecule has 0 saturated heterocycles. The minimum Gasteiger partial charge on any atom is -0.290 e. The molecule has 5 heteroatoms. The molecule has 1 rings (SSSR count). The summed E-state index contributed by atoms with van der Waals surface area (Å²) in [6, 6.07) is 0. The summed E-state index contributed by atoms with van der Waals surface area (Å²) in [5, 5.41) is 0. The first-order valence-electron chi connectivity index (χ1n) is 4.01. The third-order valence-electron chi connectivity index (χ3n) is 1.97. The molecule has 0 aromatic rings. The standard InChI is InChI=1S/C9H11NO3S/c1-6-7(2)9(11)5-4-8(6)10-14(3,12)13/h4-5H,1-3H3/b10-8-. The molecular formula is C9H11NO3S. The molecule has 14 heavy (non-hydrogen) atoms. The quantitative estimate of drug-likeness (QED) is 0.607. The van der Waals surface area contributed by atoms with Crippen LogP contribution in [0.5, 0.6) is 0 Å². The first kappa shape index (κ1) is 10.8. The Balaban J connectivity index is 3.25. The van der Waals surface area contributed by atoms with Crippen LogP contribution in [0, 0.1) is 0 Å². The van der Waals surface area contributed by atoms with Gasteiger partial charge < -0.3 is 0 Å². The van der Waals surface area contributed by atoms with Crippen LogP contribution in [0.2, 0.25) is 0 Å². The maximum Gasteiger partial charge on any atom is 0.250 e. The van der Waals surface area contributed by atoms with Gasteiger partial charge in [-0.3, -0.25) is 4.79 Å². The normalized spacial score (nSPS) is 20.8. The van der Waals surface area contributed by atoms with Gasteiger partial charge in [0.25, 0.3) is 10.0 Å². The Morgan fingerprint density at radius 2 is 1.71 bits per heavy atom. The summed E-state index contributed by atoms with van der Waals surface area (Å²) in [5.74, 6) is -0.102. The van der Waals surface area contributed by atoms with Crippen LogP contribution in [0.25, 0.3) is 0 Å². The predicted molar refractivity (Wildman–Crippen MR) is 54.8 cm³/mol. The highest BCUT2D eigenvalue weighted by molar-refractivity contribution is 7.89. The first-order valence-corrected chi connectivity index (χ1v) is 5.86. The summed E-state index contributed by atoms with van der Waals surface area (Å²) in [5.41, 5.74) is 1.49. The molecular weight excluding hydrogens is 202 g/mol. The van der Waals surface area contributed by atoms with Crippen LogP contribution in [0.4, 0.5) is 0 Å². The minimum absolute atomic E-state index is 0.102. The van der Waals surface area contributed by atoms with E-state index in [1.165, 1.54) is 12.2 Å². The zero-order valence-corrected chi connectivity index (χ0v) is 9.05. The van der Waals surface area contributed by atoms with Gasteiger partial charge in [0.05, 0.1) is 12.0 Å². The summed E-state index contributed by atoms with van der Waals surface area (Å²) in [6.45, 7) is 3.33. The average molecular weight is 213 g/mol. The van der Waals surface area contributed by atoms with E-state index in [4.69, 9.17) is 0 Å². The molecule has 0 heterocycles. The molecule has 0 fully saturated rings. The van der Waals surface area contributed by atoms with Gasteiger partial charge in [-0.1, -0.05) is 0 Å². The second-order valence-corrected chi connectivity index (χ2v) is 4.81. The van der Waals surface area contributed by atoms with E-state index in [0.717, 1.165) is 6.26 Å². The lowest BCUT2D eigenvalue weighted by Crippen LogP contribution is -2.12. The van der Waals surface area contributed by atoms with Crippen LogP contribution >= 0.6 is 0 Å². The van der Waals surface area contributed by atoms with Gasteiger partial charge in [-0.2, -0.15) is 4.40 Å². The van der Waals surface area contributed by atoms with E-state index >= 15 is 0 Å². The van der Waals surface area contributed by atoms with Crippen molar-refractivity contribution in [3.63, 3.8) is 0 Å². The van der Waals surface area contributed by atoms with Crippen LogP contribution in [0.1, 0.15) is 13.8 Å². The van der Waals surface area contributed by atoms with Crippen molar-refractivity contribution in [1.82, 2.24) is 0 Å². The number of ketones is 1. The fourth-order valence-corrected chi connectivity index (χ4v) is 1.61. The van der Waals surface area contributed by atoms with Gasteiger partial charge in [-0.15, -0.1) is 0 Å². The molecule has 0 aliphatic heterocycles. The van der Waals surface area contributed by atoms with Crippen LogP contribution < -0.4 is 0 Å². The van der Waals surface area contributed by atoms with Crippen molar-refractivity contribution in [3.05, 3.63) is 23.3 Å². The molecule has 0 aromatic heterocycles. The first-order chi connectivity index (χ1) is 6.31. The number of carbonyl (C=O) groups excluding carboxylic acids is 1. The Labute approximate surface area is 83.1 Å². The number of allylic oxidation sites excluding steroid dienone is 4. The smallest absolute Gasteiger partial charge is 0.250 e. The monoisotopic (exact) mass is 213 g/mol. The van der Waals surface area contributed by atoms with Gasteiger partial charge in [0.15, 0.2) is 5.78 Å². The maximum atomic E-state index is 11.2. The summed E-state index contributed by atoms with van der Waals surface area (Å²) in [6.07, 6.45) is 3.77. The van der Waals surface area contributed by atoms with Crippen molar-refractivity contribution in [1.29, 1.82) is 0 Å². The summed E-state index contributed by atoms with van der Waals surface area (Å²) in [4.78, 5) is 11.2. The zero-order valence-electron chi connectivity index (χ0n) is 8.23. The fraction of sp³-hybridized carbons (Fsp3) is 0.333. The van der Waals surface area contributed by atoms with E-state index in [1.807, 2.05) is 0 Å². The predicted octanol–water partition coefficient (Wildman–Crippen LogP) is 0.862. The molecule has 0 N–H and O–H groups in total. The Morgan fingerprint density at radius 1 is 1.14 bits per heavy atom. The SMILES string of the molecule is CC1=C(C)/C(=N\S(C)(=O)=O)C=CC1=O. The molecule has 0 radical (unpaired) electrons. The van der Waals surface area contributed by atoms with Crippen LogP contribution in [-0.4, -0.2) is 26.2 Å². The number of hydrogen-bond donors (Lipinski definition) is 0. The third kappa shape index (κ3) is 2.38. The van der Waals surface area contributed by atoms with E-state index < -0.39 is 10.0 Å². The number of hydrogen-bond acceptors (Lipinski definition) is 3. The fourth-order valence-electron chi connectivity index (χ4n) is 1.06. The molecule has 0 bridgehead atoms. The van der Waals surface area contributed by atoms with E-state index in [9.17, 15) is 13.2 Å². The van der Waals surface area contributed by atoms with E-state index in [2.05, 4.69) is 4.40 Å². The second kappa shape index (κ2) is 3.49. The molecule has 0 amide bonds. The minimum atomic E-state index is -3.41. The van der Waals surface area contributed by atoms with Crippen molar-refractivity contribution in [2.75, 3.05) is 6.26 Å². The van der Waals surface area contributed by atoms with Crippen LogP contribution in [0.3, 0.4) is 0 Å². The Bertz CT molecular complexity index is 466. The van der Waals surface area contributed by atoms with Gasteiger partial charge in [-0.25, -0.2) is 8.42 Å². The van der Waals surface area contributed by atoms with Crippen molar-refractivity contribution in [2.45, 2.75) is 13.8 Å². The molecule has 0 aromatic carbocycles. The third-order valence-corrected chi connectivity index (χ3v) is 2.50. The number of sulfonamides is 1. The highest BCUT2D eigenvalue weighted by Gasteiger charge is 2.15. The number of carbonyl (C=O) groups is 1. The number of nitrogens with zero attached hydrogens (tertiary/aromatic N) is 1. The van der Waals surface area contributed by atoms with Crippen molar-refractivity contribution >= 4 is 21.5 Å². The van der Waals surface area contributed by atoms with Crippen molar-refractivity contribution in [2.24, 2.45) is 4.40 Å². The highest BCUT2D eigenvalue weighted by atomic mass is 32.2. The molecule has 0 spiro atoms. The van der Waals surface area contributed by atoms with Gasteiger partial charge in [0.1, 0.15) is 0 Å². The number of rotatable bonds is 1. The molecule has 76 valence electrons. The summed E-state index contributed by atoms with van der Waals surface area (Å²) in [7, 11) is -3.41. The van der Waals surface area contributed by atoms with Crippen LogP contribution in [-0.2, 0) is 14.8 Å². The summed E-state index contributed by atoms with van der Waals surface area (Å²) < 4.78 is 25.3. The lowest BCUT2D eigenvalue weighted by atomic mass is 9.97. The lowest BCUT2D eigenvalue weighted by Gasteiger charge is -2.09. The summed E-state index contributed by atoms with van der Waals surface area (Å²) >= 11 is 0. The van der Waals surface area contributed by atoms with E-state index in [1.54, 1.807) is 13.8 Å². The second-order valence-electron chi connectivity index (χ2n) is 3.16. The Kier molecular flexibility index (Phi) is 2.71. The van der Waals surface area contributed by atoms with Gasteiger partial charge in [0, 0.05) is 5.57 Å². The van der Waals surface area contributed by atoms with Crippen molar-refractivity contribution < 1.29 is 13.2 Å². The molecule has 1 aliphatic rings. The molecule has 0 atom stereocenters. The molecule has 1 aliphatic carbocycles. The van der Waals surface area contributed by atoms with Gasteiger partial charge >= 0.3 is 0 Å². The van der Waals surface area contributed by atoms with Crippen molar-refractivity contribution in [3.8, 4) is 0 Å².